The Morgan fingerprint density at radius 1 is 1.06 bits per heavy atom. The average molecular weight is 268 g/mol. The van der Waals surface area contributed by atoms with Gasteiger partial charge in [0.05, 0.1) is 10.6 Å². The summed E-state index contributed by atoms with van der Waals surface area (Å²) < 4.78 is 23.6. The summed E-state index contributed by atoms with van der Waals surface area (Å²) in [7, 11) is -3.15. The first-order valence-electron chi connectivity index (χ1n) is 6.33. The first kappa shape index (κ1) is 14.9. The number of Topliss-reactive ketones (excluding diaryl/α,β-unsaturated/α-hetero) is 1. The van der Waals surface area contributed by atoms with Crippen LogP contribution in [-0.2, 0) is 21.1 Å². The van der Waals surface area contributed by atoms with Gasteiger partial charge in [0.15, 0.2) is 9.84 Å². The molecule has 0 saturated heterocycles. The van der Waals surface area contributed by atoms with E-state index in [1.165, 1.54) is 0 Å². The number of rotatable bonds is 7. The van der Waals surface area contributed by atoms with Crippen LogP contribution in [0.5, 0.6) is 0 Å². The monoisotopic (exact) mass is 268 g/mol. The topological polar surface area (TPSA) is 51.2 Å². The molecule has 3 nitrogen and oxygen atoms in total. The molecular formula is C14H20O3S. The number of carbonyl (C=O) groups is 1. The summed E-state index contributed by atoms with van der Waals surface area (Å²) in [5.74, 6) is 0.364. The minimum atomic E-state index is -3.15. The Kier molecular flexibility index (Phi) is 5.54. The molecule has 4 heteroatoms. The lowest BCUT2D eigenvalue weighted by atomic mass is 10.1. The summed E-state index contributed by atoms with van der Waals surface area (Å²) in [6.45, 7) is 3.81. The van der Waals surface area contributed by atoms with Gasteiger partial charge in [-0.05, 0) is 30.5 Å². The van der Waals surface area contributed by atoms with Crippen LogP contribution in [0.3, 0.4) is 0 Å². The van der Waals surface area contributed by atoms with Gasteiger partial charge in [0.1, 0.15) is 5.78 Å². The summed E-state index contributed by atoms with van der Waals surface area (Å²) in [5, 5.41) is 0. The molecular weight excluding hydrogens is 248 g/mol. The number of sulfone groups is 1. The maximum atomic E-state index is 11.8. The molecule has 18 heavy (non-hydrogen) atoms. The summed E-state index contributed by atoms with van der Waals surface area (Å²) in [6, 6.07) is 6.66. The van der Waals surface area contributed by atoms with Gasteiger partial charge < -0.3 is 0 Å². The van der Waals surface area contributed by atoms with Crippen LogP contribution in [0.15, 0.2) is 29.2 Å². The van der Waals surface area contributed by atoms with Crippen molar-refractivity contribution in [2.24, 2.45) is 0 Å². The largest absolute Gasteiger partial charge is 0.299 e. The smallest absolute Gasteiger partial charge is 0.178 e. The molecule has 0 aromatic heterocycles. The molecule has 0 amide bonds. The Balaban J connectivity index is 2.77. The van der Waals surface area contributed by atoms with Crippen molar-refractivity contribution in [2.45, 2.75) is 44.4 Å². The van der Waals surface area contributed by atoms with Crippen molar-refractivity contribution in [1.82, 2.24) is 0 Å². The fourth-order valence-corrected chi connectivity index (χ4v) is 3.12. The van der Waals surface area contributed by atoms with E-state index < -0.39 is 9.84 Å². The molecule has 0 fully saturated rings. The maximum Gasteiger partial charge on any atom is 0.178 e. The van der Waals surface area contributed by atoms with E-state index in [1.54, 1.807) is 24.3 Å². The van der Waals surface area contributed by atoms with Crippen LogP contribution in [0.2, 0.25) is 0 Å². The molecule has 1 aromatic carbocycles. The maximum absolute atomic E-state index is 11.8. The zero-order chi connectivity index (χ0) is 13.6. The highest BCUT2D eigenvalue weighted by Crippen LogP contribution is 2.14. The number of hydrogen-bond acceptors (Lipinski definition) is 3. The van der Waals surface area contributed by atoms with Crippen molar-refractivity contribution in [3.05, 3.63) is 29.8 Å². The van der Waals surface area contributed by atoms with Crippen molar-refractivity contribution < 1.29 is 13.2 Å². The van der Waals surface area contributed by atoms with E-state index in [1.807, 2.05) is 13.8 Å². The van der Waals surface area contributed by atoms with Crippen LogP contribution in [0.25, 0.3) is 0 Å². The second-order valence-corrected chi connectivity index (χ2v) is 6.54. The molecule has 0 spiro atoms. The van der Waals surface area contributed by atoms with E-state index in [9.17, 15) is 13.2 Å². The van der Waals surface area contributed by atoms with Gasteiger partial charge in [0.2, 0.25) is 0 Å². The van der Waals surface area contributed by atoms with E-state index in [0.29, 0.717) is 24.2 Å². The normalized spacial score (nSPS) is 11.4. The van der Waals surface area contributed by atoms with Gasteiger partial charge in [0, 0.05) is 12.8 Å². The number of ketones is 1. The quantitative estimate of drug-likeness (QED) is 0.764. The standard InChI is InChI=1S/C14H20O3S/c1-3-5-13(15)11-12-6-8-14(9-7-12)18(16,17)10-4-2/h6-9H,3-5,10-11H2,1-2H3. The van der Waals surface area contributed by atoms with Gasteiger partial charge in [0.25, 0.3) is 0 Å². The van der Waals surface area contributed by atoms with Gasteiger partial charge in [-0.1, -0.05) is 26.0 Å². The van der Waals surface area contributed by atoms with Gasteiger partial charge in [-0.3, -0.25) is 4.79 Å². The van der Waals surface area contributed by atoms with Gasteiger partial charge >= 0.3 is 0 Å². The minimum absolute atomic E-state index is 0.168. The fourth-order valence-electron chi connectivity index (χ4n) is 1.80. The molecule has 1 rings (SSSR count). The highest BCUT2D eigenvalue weighted by atomic mass is 32.2. The molecule has 1 aromatic rings. The summed E-state index contributed by atoms with van der Waals surface area (Å²) in [6.07, 6.45) is 2.43. The third-order valence-corrected chi connectivity index (χ3v) is 4.62. The van der Waals surface area contributed by atoms with E-state index in [0.717, 1.165) is 12.0 Å². The Bertz CT molecular complexity index is 486. The van der Waals surface area contributed by atoms with E-state index >= 15 is 0 Å². The van der Waals surface area contributed by atoms with Crippen molar-refractivity contribution in [3.63, 3.8) is 0 Å². The molecule has 0 bridgehead atoms. The second-order valence-electron chi connectivity index (χ2n) is 4.43. The number of benzene rings is 1. The number of hydrogen-bond donors (Lipinski definition) is 0. The number of carbonyl (C=O) groups excluding carboxylic acids is 1. The van der Waals surface area contributed by atoms with Crippen LogP contribution in [-0.4, -0.2) is 20.0 Å². The summed E-state index contributed by atoms with van der Waals surface area (Å²) >= 11 is 0. The summed E-state index contributed by atoms with van der Waals surface area (Å²) in [4.78, 5) is 11.8. The third-order valence-electron chi connectivity index (χ3n) is 2.69. The van der Waals surface area contributed by atoms with Crippen LogP contribution < -0.4 is 0 Å². The van der Waals surface area contributed by atoms with E-state index in [4.69, 9.17) is 0 Å². The van der Waals surface area contributed by atoms with E-state index in [2.05, 4.69) is 0 Å². The minimum Gasteiger partial charge on any atom is -0.299 e. The van der Waals surface area contributed by atoms with Crippen LogP contribution >= 0.6 is 0 Å². The lowest BCUT2D eigenvalue weighted by Crippen LogP contribution is -2.06. The van der Waals surface area contributed by atoms with Crippen molar-refractivity contribution in [2.75, 3.05) is 5.75 Å². The Morgan fingerprint density at radius 2 is 1.67 bits per heavy atom. The Labute approximate surface area is 109 Å². The molecule has 0 N–H and O–H groups in total. The van der Waals surface area contributed by atoms with Crippen molar-refractivity contribution in [1.29, 1.82) is 0 Å². The first-order valence-corrected chi connectivity index (χ1v) is 7.98. The Hall–Kier alpha value is -1.16. The molecule has 0 heterocycles. The zero-order valence-corrected chi connectivity index (χ0v) is 11.8. The SMILES string of the molecule is CCCC(=O)Cc1ccc(S(=O)(=O)CCC)cc1. The molecule has 0 aliphatic rings. The highest BCUT2D eigenvalue weighted by molar-refractivity contribution is 7.91. The van der Waals surface area contributed by atoms with Crippen molar-refractivity contribution in [3.8, 4) is 0 Å². The molecule has 0 atom stereocenters. The first-order chi connectivity index (χ1) is 8.49. The van der Waals surface area contributed by atoms with Crippen LogP contribution in [0.4, 0.5) is 0 Å². The molecule has 0 saturated carbocycles. The molecule has 0 aliphatic carbocycles. The molecule has 0 radical (unpaired) electrons. The third kappa shape index (κ3) is 4.26. The van der Waals surface area contributed by atoms with Crippen LogP contribution in [0, 0.1) is 0 Å². The van der Waals surface area contributed by atoms with Crippen LogP contribution in [0.1, 0.15) is 38.7 Å². The zero-order valence-electron chi connectivity index (χ0n) is 11.0. The lowest BCUT2D eigenvalue weighted by Gasteiger charge is -2.04. The van der Waals surface area contributed by atoms with E-state index in [-0.39, 0.29) is 11.5 Å². The van der Waals surface area contributed by atoms with Crippen molar-refractivity contribution >= 4 is 15.6 Å². The predicted octanol–water partition coefficient (Wildman–Crippen LogP) is 2.78. The molecule has 100 valence electrons. The van der Waals surface area contributed by atoms with Gasteiger partial charge in [-0.2, -0.15) is 0 Å². The average Bonchev–Trinajstić information content (AvgIpc) is 2.30. The fraction of sp³-hybridized carbons (Fsp3) is 0.500. The predicted molar refractivity (Wildman–Crippen MR) is 72.4 cm³/mol. The highest BCUT2D eigenvalue weighted by Gasteiger charge is 2.12. The van der Waals surface area contributed by atoms with Gasteiger partial charge in [-0.15, -0.1) is 0 Å². The molecule has 0 aliphatic heterocycles. The Morgan fingerprint density at radius 3 is 2.17 bits per heavy atom. The summed E-state index contributed by atoms with van der Waals surface area (Å²) in [5.41, 5.74) is 0.879. The molecule has 0 unspecified atom stereocenters. The lowest BCUT2D eigenvalue weighted by molar-refractivity contribution is -0.118. The second kappa shape index (κ2) is 6.69. The van der Waals surface area contributed by atoms with Gasteiger partial charge in [-0.25, -0.2) is 8.42 Å².